The minimum Gasteiger partial charge on any atom is -0.478 e. The molecule has 0 saturated carbocycles. The SMILES string of the molecule is C1CCNCC1.O=C(O)/C=C/C(=O)O.O=C(O)/C=C/C(=O)O. The van der Waals surface area contributed by atoms with Gasteiger partial charge >= 0.3 is 23.9 Å². The molecule has 0 bridgehead atoms. The Kier molecular flexibility index (Phi) is 14.5. The van der Waals surface area contributed by atoms with Crippen molar-refractivity contribution in [2.24, 2.45) is 0 Å². The molecule has 1 saturated heterocycles. The molecule has 5 N–H and O–H groups in total. The van der Waals surface area contributed by atoms with Crippen LogP contribution in [0.5, 0.6) is 0 Å². The van der Waals surface area contributed by atoms with Gasteiger partial charge < -0.3 is 25.7 Å². The van der Waals surface area contributed by atoms with Crippen molar-refractivity contribution < 1.29 is 39.6 Å². The smallest absolute Gasteiger partial charge is 0.328 e. The van der Waals surface area contributed by atoms with E-state index >= 15 is 0 Å². The monoisotopic (exact) mass is 317 g/mol. The van der Waals surface area contributed by atoms with Crippen molar-refractivity contribution in [3.05, 3.63) is 24.3 Å². The maximum Gasteiger partial charge on any atom is 0.328 e. The van der Waals surface area contributed by atoms with Gasteiger partial charge in [-0.1, -0.05) is 6.42 Å². The Balaban J connectivity index is 0. The Bertz CT molecular complexity index is 346. The Hall–Kier alpha value is -2.68. The maximum atomic E-state index is 9.55. The summed E-state index contributed by atoms with van der Waals surface area (Å²) in [4.78, 5) is 38.2. The largest absolute Gasteiger partial charge is 0.478 e. The van der Waals surface area contributed by atoms with E-state index in [4.69, 9.17) is 20.4 Å². The van der Waals surface area contributed by atoms with Gasteiger partial charge in [-0.2, -0.15) is 0 Å². The molecule has 0 aromatic rings. The fraction of sp³-hybridized carbons (Fsp3) is 0.385. The summed E-state index contributed by atoms with van der Waals surface area (Å²) in [5.74, 6) is -5.03. The number of hydrogen-bond acceptors (Lipinski definition) is 5. The van der Waals surface area contributed by atoms with Gasteiger partial charge in [0.05, 0.1) is 0 Å². The molecule has 0 radical (unpaired) electrons. The van der Waals surface area contributed by atoms with Crippen LogP contribution in [0, 0.1) is 0 Å². The lowest BCUT2D eigenvalue weighted by molar-refractivity contribution is -0.134. The molecule has 9 nitrogen and oxygen atoms in total. The molecular formula is C13H19NO8. The first-order valence-electron chi connectivity index (χ1n) is 6.24. The summed E-state index contributed by atoms with van der Waals surface area (Å²) in [6, 6.07) is 0. The number of carbonyl (C=O) groups is 4. The van der Waals surface area contributed by atoms with Crippen LogP contribution >= 0.6 is 0 Å². The molecule has 1 heterocycles. The predicted octanol–water partition coefficient (Wildman–Crippen LogP) is 0.184. The lowest BCUT2D eigenvalue weighted by Crippen LogP contribution is -2.21. The van der Waals surface area contributed by atoms with E-state index in [2.05, 4.69) is 5.32 Å². The average molecular weight is 317 g/mol. The van der Waals surface area contributed by atoms with Gasteiger partial charge in [0.1, 0.15) is 0 Å². The summed E-state index contributed by atoms with van der Waals surface area (Å²) in [6.45, 7) is 2.50. The van der Waals surface area contributed by atoms with Crippen LogP contribution in [-0.2, 0) is 19.2 Å². The van der Waals surface area contributed by atoms with Gasteiger partial charge in [-0.05, 0) is 25.9 Å². The van der Waals surface area contributed by atoms with Gasteiger partial charge in [-0.15, -0.1) is 0 Å². The van der Waals surface area contributed by atoms with E-state index in [1.165, 1.54) is 32.4 Å². The maximum absolute atomic E-state index is 9.55. The van der Waals surface area contributed by atoms with Crippen molar-refractivity contribution in [3.8, 4) is 0 Å². The molecule has 0 spiro atoms. The third-order valence-corrected chi connectivity index (χ3v) is 1.94. The van der Waals surface area contributed by atoms with Crippen LogP contribution in [0.2, 0.25) is 0 Å². The highest BCUT2D eigenvalue weighted by molar-refractivity contribution is 5.90. The second kappa shape index (κ2) is 14.7. The van der Waals surface area contributed by atoms with E-state index in [9.17, 15) is 19.2 Å². The number of carboxylic acid groups (broad SMARTS) is 4. The lowest BCUT2D eigenvalue weighted by atomic mass is 10.2. The van der Waals surface area contributed by atoms with Gasteiger partial charge in [0.2, 0.25) is 0 Å². The first-order valence-corrected chi connectivity index (χ1v) is 6.24. The third-order valence-electron chi connectivity index (χ3n) is 1.94. The Labute approximate surface area is 126 Å². The molecule has 0 aromatic heterocycles. The highest BCUT2D eigenvalue weighted by Crippen LogP contribution is 1.96. The average Bonchev–Trinajstić information content (AvgIpc) is 2.46. The molecule has 1 aliphatic rings. The van der Waals surface area contributed by atoms with E-state index in [-0.39, 0.29) is 0 Å². The van der Waals surface area contributed by atoms with Gasteiger partial charge in [0, 0.05) is 24.3 Å². The first-order chi connectivity index (χ1) is 10.3. The summed E-state index contributed by atoms with van der Waals surface area (Å²) in [7, 11) is 0. The number of piperidine rings is 1. The van der Waals surface area contributed by atoms with Crippen molar-refractivity contribution in [2.75, 3.05) is 13.1 Å². The van der Waals surface area contributed by atoms with Crippen LogP contribution in [0.1, 0.15) is 19.3 Å². The van der Waals surface area contributed by atoms with Crippen molar-refractivity contribution in [1.82, 2.24) is 5.32 Å². The van der Waals surface area contributed by atoms with E-state index in [1.807, 2.05) is 0 Å². The van der Waals surface area contributed by atoms with Crippen LogP contribution in [-0.4, -0.2) is 57.4 Å². The predicted molar refractivity (Wildman–Crippen MR) is 75.5 cm³/mol. The first kappa shape index (κ1) is 21.6. The highest BCUT2D eigenvalue weighted by atomic mass is 16.4. The summed E-state index contributed by atoms with van der Waals surface area (Å²) < 4.78 is 0. The van der Waals surface area contributed by atoms with E-state index in [1.54, 1.807) is 0 Å². The standard InChI is InChI=1S/C5H11N.2C4H4O4/c1-2-4-6-5-3-1;2*5-3(6)1-2-4(7)8/h6H,1-5H2;2*1-2H,(H,5,6)(H,7,8)/b;2*2-1+. The molecule has 0 aromatic carbocycles. The van der Waals surface area contributed by atoms with Crippen molar-refractivity contribution in [1.29, 1.82) is 0 Å². The molecule has 1 aliphatic heterocycles. The Morgan fingerprint density at radius 1 is 0.591 bits per heavy atom. The number of hydrogen-bond donors (Lipinski definition) is 5. The number of nitrogens with one attached hydrogen (secondary N) is 1. The molecule has 0 aliphatic carbocycles. The molecule has 22 heavy (non-hydrogen) atoms. The van der Waals surface area contributed by atoms with E-state index in [0.717, 1.165) is 0 Å². The van der Waals surface area contributed by atoms with E-state index in [0.29, 0.717) is 24.3 Å². The molecular weight excluding hydrogens is 298 g/mol. The van der Waals surface area contributed by atoms with Crippen molar-refractivity contribution >= 4 is 23.9 Å². The van der Waals surface area contributed by atoms with Crippen molar-refractivity contribution in [3.63, 3.8) is 0 Å². The van der Waals surface area contributed by atoms with Crippen LogP contribution in [0.3, 0.4) is 0 Å². The highest BCUT2D eigenvalue weighted by Gasteiger charge is 1.93. The number of aliphatic carboxylic acids is 4. The molecule has 9 heteroatoms. The minimum atomic E-state index is -1.26. The molecule has 0 amide bonds. The number of carboxylic acids is 4. The van der Waals surface area contributed by atoms with Crippen LogP contribution in [0.4, 0.5) is 0 Å². The minimum absolute atomic E-state index is 0.558. The summed E-state index contributed by atoms with van der Waals surface area (Å²) in [5, 5.41) is 34.5. The topological polar surface area (TPSA) is 161 Å². The second-order valence-electron chi connectivity index (χ2n) is 3.83. The fourth-order valence-corrected chi connectivity index (χ4v) is 1.09. The zero-order chi connectivity index (χ0) is 17.4. The van der Waals surface area contributed by atoms with Gasteiger partial charge in [-0.25, -0.2) is 19.2 Å². The molecule has 124 valence electrons. The molecule has 1 rings (SSSR count). The normalized spacial score (nSPS) is 13.5. The Morgan fingerprint density at radius 2 is 0.864 bits per heavy atom. The Morgan fingerprint density at radius 3 is 0.955 bits per heavy atom. The summed E-state index contributed by atoms with van der Waals surface area (Å²) in [5.41, 5.74) is 0. The van der Waals surface area contributed by atoms with Crippen molar-refractivity contribution in [2.45, 2.75) is 19.3 Å². The zero-order valence-corrected chi connectivity index (χ0v) is 11.8. The lowest BCUT2D eigenvalue weighted by Gasteiger charge is -2.08. The molecule has 0 unspecified atom stereocenters. The van der Waals surface area contributed by atoms with Gasteiger partial charge in [0.15, 0.2) is 0 Å². The third kappa shape index (κ3) is 26.0. The fourth-order valence-electron chi connectivity index (χ4n) is 1.09. The quantitative estimate of drug-likeness (QED) is 0.455. The van der Waals surface area contributed by atoms with Crippen LogP contribution < -0.4 is 5.32 Å². The van der Waals surface area contributed by atoms with Crippen LogP contribution in [0.25, 0.3) is 0 Å². The zero-order valence-electron chi connectivity index (χ0n) is 11.8. The number of rotatable bonds is 4. The summed E-state index contributed by atoms with van der Waals surface area (Å²) in [6.07, 6.45) is 6.45. The second-order valence-corrected chi connectivity index (χ2v) is 3.83. The van der Waals surface area contributed by atoms with Gasteiger partial charge in [0.25, 0.3) is 0 Å². The van der Waals surface area contributed by atoms with Crippen LogP contribution in [0.15, 0.2) is 24.3 Å². The molecule has 1 fully saturated rings. The summed E-state index contributed by atoms with van der Waals surface area (Å²) >= 11 is 0. The van der Waals surface area contributed by atoms with Gasteiger partial charge in [-0.3, -0.25) is 0 Å². The molecule has 0 atom stereocenters. The van der Waals surface area contributed by atoms with E-state index < -0.39 is 23.9 Å².